The zero-order valence-corrected chi connectivity index (χ0v) is 17.7. The highest BCUT2D eigenvalue weighted by Crippen LogP contribution is 2.34. The maximum absolute atomic E-state index is 12.7. The van der Waals surface area contributed by atoms with E-state index in [1.165, 1.54) is 0 Å². The van der Waals surface area contributed by atoms with E-state index in [9.17, 15) is 14.4 Å². The van der Waals surface area contributed by atoms with Gasteiger partial charge in [0.15, 0.2) is 0 Å². The summed E-state index contributed by atoms with van der Waals surface area (Å²) >= 11 is 0. The summed E-state index contributed by atoms with van der Waals surface area (Å²) in [5.74, 6) is 0.431. The summed E-state index contributed by atoms with van der Waals surface area (Å²) in [7, 11) is 0. The average Bonchev–Trinajstić information content (AvgIpc) is 2.74. The van der Waals surface area contributed by atoms with Crippen LogP contribution in [-0.2, 0) is 20.9 Å². The van der Waals surface area contributed by atoms with E-state index in [0.717, 1.165) is 44.6 Å². The molecule has 30 heavy (non-hydrogen) atoms. The van der Waals surface area contributed by atoms with Gasteiger partial charge in [0.25, 0.3) is 5.56 Å². The van der Waals surface area contributed by atoms with Gasteiger partial charge in [-0.1, -0.05) is 12.1 Å². The minimum Gasteiger partial charge on any atom is -0.464 e. The zero-order chi connectivity index (χ0) is 21.1. The van der Waals surface area contributed by atoms with Crippen molar-refractivity contribution in [2.24, 2.45) is 5.92 Å². The van der Waals surface area contributed by atoms with Crippen LogP contribution in [0.3, 0.4) is 0 Å². The van der Waals surface area contributed by atoms with Gasteiger partial charge >= 0.3 is 5.97 Å². The van der Waals surface area contributed by atoms with Crippen molar-refractivity contribution in [2.45, 2.75) is 51.1 Å². The molecule has 3 aliphatic rings. The molecule has 0 aromatic carbocycles. The fourth-order valence-corrected chi connectivity index (χ4v) is 5.22. The number of likely N-dealkylation sites (tertiary alicyclic amines) is 2. The molecule has 0 unspecified atom stereocenters. The van der Waals surface area contributed by atoms with Gasteiger partial charge in [0.05, 0.1) is 6.61 Å². The molecule has 0 spiro atoms. The quantitative estimate of drug-likeness (QED) is 0.543. The Morgan fingerprint density at radius 3 is 2.90 bits per heavy atom. The van der Waals surface area contributed by atoms with E-state index in [2.05, 4.69) is 11.0 Å². The van der Waals surface area contributed by atoms with Crippen molar-refractivity contribution in [3.8, 4) is 0 Å². The minimum atomic E-state index is -0.458. The number of esters is 1. The number of hydrogen-bond acceptors (Lipinski definition) is 5. The summed E-state index contributed by atoms with van der Waals surface area (Å²) in [6.45, 7) is 6.04. The topological polar surface area (TPSA) is 71.8 Å². The van der Waals surface area contributed by atoms with Crippen molar-refractivity contribution in [3.05, 3.63) is 46.4 Å². The van der Waals surface area contributed by atoms with Crippen molar-refractivity contribution < 1.29 is 14.3 Å². The van der Waals surface area contributed by atoms with Crippen LogP contribution in [0.15, 0.2) is 35.1 Å². The molecule has 4 heterocycles. The summed E-state index contributed by atoms with van der Waals surface area (Å²) in [6.07, 6.45) is 7.19. The first-order chi connectivity index (χ1) is 14.6. The molecule has 0 saturated carbocycles. The van der Waals surface area contributed by atoms with Crippen LogP contribution in [0.1, 0.15) is 44.2 Å². The number of aromatic nitrogens is 1. The summed E-state index contributed by atoms with van der Waals surface area (Å²) in [5, 5.41) is 0. The molecule has 2 bridgehead atoms. The van der Waals surface area contributed by atoms with Crippen molar-refractivity contribution in [2.75, 3.05) is 32.8 Å². The number of fused-ring (bicyclic) bond motifs is 4. The first kappa shape index (κ1) is 20.8. The van der Waals surface area contributed by atoms with Crippen LogP contribution in [0.5, 0.6) is 0 Å². The second-order valence-electron chi connectivity index (χ2n) is 8.61. The molecular weight excluding hydrogens is 382 g/mol. The van der Waals surface area contributed by atoms with Crippen molar-refractivity contribution >= 4 is 11.9 Å². The number of piperidine rings is 2. The second kappa shape index (κ2) is 9.16. The number of nitrogens with zero attached hydrogens (tertiary/aromatic N) is 3. The normalized spacial score (nSPS) is 26.4. The minimum absolute atomic E-state index is 0.0961. The first-order valence-corrected chi connectivity index (χ1v) is 11.1. The van der Waals surface area contributed by atoms with E-state index >= 15 is 0 Å². The van der Waals surface area contributed by atoms with E-state index in [1.807, 2.05) is 16.7 Å². The number of hydrogen-bond donors (Lipinski definition) is 0. The van der Waals surface area contributed by atoms with E-state index in [1.54, 1.807) is 24.0 Å². The molecule has 0 radical (unpaired) electrons. The molecule has 1 aromatic heterocycles. The Hall–Kier alpha value is -2.41. The van der Waals surface area contributed by atoms with Crippen molar-refractivity contribution in [3.63, 3.8) is 0 Å². The molecule has 4 rings (SSSR count). The molecule has 1 aromatic rings. The molecule has 162 valence electrons. The highest BCUT2D eigenvalue weighted by molar-refractivity contribution is 5.91. The van der Waals surface area contributed by atoms with Gasteiger partial charge in [-0.05, 0) is 44.6 Å². The van der Waals surface area contributed by atoms with Gasteiger partial charge < -0.3 is 14.2 Å². The third-order valence-corrected chi connectivity index (χ3v) is 6.52. The fourth-order valence-electron chi connectivity index (χ4n) is 5.22. The van der Waals surface area contributed by atoms with E-state index in [0.29, 0.717) is 38.0 Å². The largest absolute Gasteiger partial charge is 0.464 e. The number of rotatable bonds is 5. The van der Waals surface area contributed by atoms with Gasteiger partial charge in [-0.15, -0.1) is 0 Å². The van der Waals surface area contributed by atoms with Crippen LogP contribution >= 0.6 is 0 Å². The van der Waals surface area contributed by atoms with Crippen LogP contribution < -0.4 is 5.56 Å². The number of pyridine rings is 1. The summed E-state index contributed by atoms with van der Waals surface area (Å²) in [5.41, 5.74) is 1.23. The first-order valence-electron chi connectivity index (χ1n) is 11.1. The van der Waals surface area contributed by atoms with E-state index < -0.39 is 6.04 Å². The van der Waals surface area contributed by atoms with Crippen LogP contribution in [-0.4, -0.2) is 65.1 Å². The Morgan fingerprint density at radius 1 is 1.20 bits per heavy atom. The van der Waals surface area contributed by atoms with E-state index in [4.69, 9.17) is 4.74 Å². The molecule has 2 saturated heterocycles. The zero-order valence-electron chi connectivity index (χ0n) is 17.7. The third kappa shape index (κ3) is 4.36. The lowest BCUT2D eigenvalue weighted by atomic mass is 9.83. The second-order valence-corrected chi connectivity index (χ2v) is 8.61. The Balaban J connectivity index is 1.36. The predicted molar refractivity (Wildman–Crippen MR) is 113 cm³/mol. The number of carbonyl (C=O) groups is 2. The van der Waals surface area contributed by atoms with Crippen LogP contribution in [0.4, 0.5) is 0 Å². The van der Waals surface area contributed by atoms with Gasteiger partial charge in [0.2, 0.25) is 5.91 Å². The predicted octanol–water partition coefficient (Wildman–Crippen LogP) is 1.77. The summed E-state index contributed by atoms with van der Waals surface area (Å²) in [4.78, 5) is 41.1. The van der Waals surface area contributed by atoms with Gasteiger partial charge in [-0.3, -0.25) is 14.5 Å². The fraction of sp³-hybridized carbons (Fsp3) is 0.609. The molecular formula is C23H31N3O4. The SMILES string of the molecule is CCOC(=O)[C@@H]1CCCCN1C(=O)/C=C\CN1C[C@@H]2C[C@H](C1)c1cccc(=O)n1C2. The molecule has 0 N–H and O–H groups in total. The maximum atomic E-state index is 12.7. The Kier molecular flexibility index (Phi) is 6.37. The standard InChI is InChI=1S/C23H31N3O4/c1-2-30-23(29)20-7-3-4-12-25(20)21(27)10-6-11-24-14-17-13-18(16-24)19-8-5-9-22(28)26(19)15-17/h5-6,8-10,17-18,20H,2-4,7,11-16H2,1H3/b10-6-/t17-,18+,20-/m0/s1. The summed E-state index contributed by atoms with van der Waals surface area (Å²) < 4.78 is 7.08. The Morgan fingerprint density at radius 2 is 2.07 bits per heavy atom. The maximum Gasteiger partial charge on any atom is 0.328 e. The van der Waals surface area contributed by atoms with E-state index in [-0.39, 0.29) is 17.4 Å². The van der Waals surface area contributed by atoms with Crippen LogP contribution in [0.2, 0.25) is 0 Å². The number of amides is 1. The Bertz CT molecular complexity index is 877. The number of carbonyl (C=O) groups excluding carboxylic acids is 2. The van der Waals surface area contributed by atoms with Crippen molar-refractivity contribution in [1.82, 2.24) is 14.4 Å². The number of ether oxygens (including phenoxy) is 1. The molecule has 2 fully saturated rings. The molecule has 7 heteroatoms. The van der Waals surface area contributed by atoms with Gasteiger partial charge in [-0.2, -0.15) is 0 Å². The van der Waals surface area contributed by atoms with Crippen LogP contribution in [0, 0.1) is 5.92 Å². The van der Waals surface area contributed by atoms with Gasteiger partial charge in [0, 0.05) is 56.5 Å². The molecule has 1 amide bonds. The lowest BCUT2D eigenvalue weighted by Crippen LogP contribution is -2.48. The molecule has 3 aliphatic heterocycles. The van der Waals surface area contributed by atoms with Crippen molar-refractivity contribution in [1.29, 1.82) is 0 Å². The molecule has 7 nitrogen and oxygen atoms in total. The molecule has 3 atom stereocenters. The van der Waals surface area contributed by atoms with Crippen LogP contribution in [0.25, 0.3) is 0 Å². The van der Waals surface area contributed by atoms with Gasteiger partial charge in [0.1, 0.15) is 6.04 Å². The van der Waals surface area contributed by atoms with Gasteiger partial charge in [-0.25, -0.2) is 4.79 Å². The highest BCUT2D eigenvalue weighted by atomic mass is 16.5. The smallest absolute Gasteiger partial charge is 0.328 e. The third-order valence-electron chi connectivity index (χ3n) is 6.52. The Labute approximate surface area is 177 Å². The summed E-state index contributed by atoms with van der Waals surface area (Å²) in [6, 6.07) is 5.10. The lowest BCUT2D eigenvalue weighted by molar-refractivity contribution is -0.155. The molecule has 0 aliphatic carbocycles. The average molecular weight is 414 g/mol. The monoisotopic (exact) mass is 413 g/mol. The highest BCUT2D eigenvalue weighted by Gasteiger charge is 2.34. The lowest BCUT2D eigenvalue weighted by Gasteiger charge is -2.42.